The third kappa shape index (κ3) is 6.22. The highest BCUT2D eigenvalue weighted by atomic mass is 19.1. The normalized spacial score (nSPS) is 14.5. The van der Waals surface area contributed by atoms with Gasteiger partial charge in [0.2, 0.25) is 5.91 Å². The Bertz CT molecular complexity index is 1840. The first-order valence-electron chi connectivity index (χ1n) is 14.3. The van der Waals surface area contributed by atoms with Gasteiger partial charge in [0.05, 0.1) is 6.54 Å². The highest BCUT2D eigenvalue weighted by molar-refractivity contribution is 5.78. The van der Waals surface area contributed by atoms with Gasteiger partial charge in [0.1, 0.15) is 6.07 Å². The molecular weight excluding hydrogens is 527 g/mol. The van der Waals surface area contributed by atoms with E-state index >= 15 is 0 Å². The summed E-state index contributed by atoms with van der Waals surface area (Å²) in [6, 6.07) is 29.1. The van der Waals surface area contributed by atoms with Crippen molar-refractivity contribution >= 4 is 22.5 Å². The van der Waals surface area contributed by atoms with Crippen LogP contribution >= 0.6 is 0 Å². The number of pyridine rings is 3. The molecule has 1 aliphatic heterocycles. The van der Waals surface area contributed by atoms with Gasteiger partial charge in [-0.3, -0.25) is 4.79 Å². The van der Waals surface area contributed by atoms with E-state index in [4.69, 9.17) is 11.0 Å². The minimum absolute atomic E-state index is 0.0607. The fraction of sp³-hybridized carbons (Fsp3) is 0.235. The molecule has 7 heterocycles. The summed E-state index contributed by atoms with van der Waals surface area (Å²) in [6.07, 6.45) is 8.82. The van der Waals surface area contributed by atoms with Crippen LogP contribution in [0.25, 0.3) is 16.6 Å². The lowest BCUT2D eigenvalue weighted by Gasteiger charge is -2.16. The van der Waals surface area contributed by atoms with E-state index in [1.165, 1.54) is 33.6 Å². The molecule has 0 radical (unpaired) electrons. The fourth-order valence-electron chi connectivity index (χ4n) is 5.53. The summed E-state index contributed by atoms with van der Waals surface area (Å²) < 4.78 is 18.7. The standard InChI is InChI=1S/C16H20N2O.C9H5FN2.C9H10N2/c1-2-5-13-10-16(19)17(11-13)12-15-8-7-14-6-3-4-9-18(14)15;10-8-5-7-3-1-2-4-12(7)9(8)6-11;10-7-9-5-4-8-3-1-2-6-11(8)9/h3-4,6-9,13H,2,5,10-12H2,1H3;1-5H;1-6H,7,10H2. The van der Waals surface area contributed by atoms with Crippen molar-refractivity contribution in [2.24, 2.45) is 11.7 Å². The number of nitrogens with zero attached hydrogens (tertiary/aromatic N) is 5. The maximum absolute atomic E-state index is 13.0. The zero-order chi connectivity index (χ0) is 29.5. The van der Waals surface area contributed by atoms with Crippen LogP contribution in [0.2, 0.25) is 0 Å². The average molecular weight is 563 g/mol. The maximum atomic E-state index is 13.0. The van der Waals surface area contributed by atoms with Gasteiger partial charge in [-0.1, -0.05) is 31.5 Å². The number of carbonyl (C=O) groups excluding carboxylic acids is 1. The summed E-state index contributed by atoms with van der Waals surface area (Å²) in [5.74, 6) is 0.400. The number of nitrogens with two attached hydrogens (primary N) is 1. The molecule has 1 unspecified atom stereocenters. The summed E-state index contributed by atoms with van der Waals surface area (Å²) in [4.78, 5) is 14.0. The number of rotatable bonds is 5. The van der Waals surface area contributed by atoms with Gasteiger partial charge in [-0.05, 0) is 73.0 Å². The molecule has 7 rings (SSSR count). The van der Waals surface area contributed by atoms with E-state index in [2.05, 4.69) is 58.3 Å². The predicted octanol–water partition coefficient (Wildman–Crippen LogP) is 6.44. The van der Waals surface area contributed by atoms with Crippen LogP contribution in [-0.4, -0.2) is 30.6 Å². The summed E-state index contributed by atoms with van der Waals surface area (Å²) in [7, 11) is 0. The van der Waals surface area contributed by atoms with E-state index in [0.29, 0.717) is 23.9 Å². The number of amides is 1. The van der Waals surface area contributed by atoms with Crippen molar-refractivity contribution < 1.29 is 9.18 Å². The topological polar surface area (TPSA) is 83.3 Å². The molecule has 1 fully saturated rings. The maximum Gasteiger partial charge on any atom is 0.223 e. The van der Waals surface area contributed by atoms with E-state index < -0.39 is 5.82 Å². The van der Waals surface area contributed by atoms with Crippen LogP contribution in [0.3, 0.4) is 0 Å². The molecule has 0 spiro atoms. The fourth-order valence-corrected chi connectivity index (χ4v) is 5.53. The third-order valence-corrected chi connectivity index (χ3v) is 7.59. The number of nitriles is 1. The van der Waals surface area contributed by atoms with Crippen LogP contribution in [0.4, 0.5) is 4.39 Å². The molecule has 0 bridgehead atoms. The Morgan fingerprint density at radius 2 is 1.45 bits per heavy atom. The average Bonchev–Trinajstić information content (AvgIpc) is 3.78. The van der Waals surface area contributed by atoms with Gasteiger partial charge in [0, 0.05) is 72.1 Å². The van der Waals surface area contributed by atoms with Gasteiger partial charge in [-0.2, -0.15) is 5.26 Å². The molecule has 7 nitrogen and oxygen atoms in total. The first-order chi connectivity index (χ1) is 20.5. The highest BCUT2D eigenvalue weighted by Crippen LogP contribution is 2.24. The highest BCUT2D eigenvalue weighted by Gasteiger charge is 2.29. The summed E-state index contributed by atoms with van der Waals surface area (Å²) in [5, 5.41) is 8.59. The number of hydrogen-bond acceptors (Lipinski definition) is 3. The monoisotopic (exact) mass is 562 g/mol. The van der Waals surface area contributed by atoms with Crippen molar-refractivity contribution in [3.8, 4) is 6.07 Å². The van der Waals surface area contributed by atoms with E-state index in [1.807, 2.05) is 35.4 Å². The second-order valence-electron chi connectivity index (χ2n) is 10.4. The molecule has 1 saturated heterocycles. The molecule has 1 aliphatic rings. The van der Waals surface area contributed by atoms with Gasteiger partial charge in [-0.25, -0.2) is 4.39 Å². The molecule has 8 heteroatoms. The number of fused-ring (bicyclic) bond motifs is 3. The zero-order valence-electron chi connectivity index (χ0n) is 23.7. The Kier molecular flexibility index (Phi) is 9.00. The van der Waals surface area contributed by atoms with Crippen molar-refractivity contribution in [1.29, 1.82) is 5.26 Å². The van der Waals surface area contributed by atoms with Crippen LogP contribution < -0.4 is 5.73 Å². The van der Waals surface area contributed by atoms with Crippen molar-refractivity contribution in [2.45, 2.75) is 39.3 Å². The van der Waals surface area contributed by atoms with Gasteiger partial charge in [0.25, 0.3) is 0 Å². The minimum Gasteiger partial charge on any atom is -0.337 e. The van der Waals surface area contributed by atoms with Crippen LogP contribution in [0.1, 0.15) is 43.3 Å². The van der Waals surface area contributed by atoms with Crippen LogP contribution in [0.5, 0.6) is 0 Å². The molecule has 1 amide bonds. The van der Waals surface area contributed by atoms with Gasteiger partial charge >= 0.3 is 0 Å². The largest absolute Gasteiger partial charge is 0.337 e. The summed E-state index contributed by atoms with van der Waals surface area (Å²) in [6.45, 7) is 4.44. The van der Waals surface area contributed by atoms with Crippen molar-refractivity contribution in [3.05, 3.63) is 126 Å². The van der Waals surface area contributed by atoms with Crippen molar-refractivity contribution in [2.75, 3.05) is 6.54 Å². The van der Waals surface area contributed by atoms with Crippen LogP contribution in [-0.2, 0) is 17.9 Å². The van der Waals surface area contributed by atoms with E-state index in [0.717, 1.165) is 31.6 Å². The lowest BCUT2D eigenvalue weighted by atomic mass is 10.0. The third-order valence-electron chi connectivity index (χ3n) is 7.59. The van der Waals surface area contributed by atoms with Crippen LogP contribution in [0, 0.1) is 23.1 Å². The van der Waals surface area contributed by atoms with Gasteiger partial charge in [0.15, 0.2) is 11.5 Å². The number of carbonyl (C=O) groups is 1. The Labute approximate surface area is 244 Å². The zero-order valence-corrected chi connectivity index (χ0v) is 23.7. The first kappa shape index (κ1) is 28.7. The molecule has 42 heavy (non-hydrogen) atoms. The predicted molar refractivity (Wildman–Crippen MR) is 163 cm³/mol. The molecule has 1 atom stereocenters. The number of likely N-dealkylation sites (tertiary alicyclic amines) is 1. The second kappa shape index (κ2) is 13.2. The summed E-state index contributed by atoms with van der Waals surface area (Å²) in [5.41, 5.74) is 11.0. The molecule has 214 valence electrons. The first-order valence-corrected chi connectivity index (χ1v) is 14.3. The quantitative estimate of drug-likeness (QED) is 0.263. The lowest BCUT2D eigenvalue weighted by Crippen LogP contribution is -2.25. The van der Waals surface area contributed by atoms with Gasteiger partial charge < -0.3 is 23.8 Å². The van der Waals surface area contributed by atoms with E-state index in [1.54, 1.807) is 30.5 Å². The minimum atomic E-state index is -0.469. The van der Waals surface area contributed by atoms with Crippen LogP contribution in [0.15, 0.2) is 104 Å². The van der Waals surface area contributed by atoms with E-state index in [-0.39, 0.29) is 5.69 Å². The molecule has 6 aromatic rings. The van der Waals surface area contributed by atoms with Crippen molar-refractivity contribution in [3.63, 3.8) is 0 Å². The Hall–Kier alpha value is -4.87. The smallest absolute Gasteiger partial charge is 0.223 e. The molecule has 2 N–H and O–H groups in total. The Balaban J connectivity index is 0.000000133. The Morgan fingerprint density at radius 1 is 0.857 bits per heavy atom. The number of halogens is 1. The van der Waals surface area contributed by atoms with Gasteiger partial charge in [-0.15, -0.1) is 0 Å². The summed E-state index contributed by atoms with van der Waals surface area (Å²) >= 11 is 0. The molecule has 0 saturated carbocycles. The van der Waals surface area contributed by atoms with E-state index in [9.17, 15) is 9.18 Å². The molecule has 6 aromatic heterocycles. The lowest BCUT2D eigenvalue weighted by molar-refractivity contribution is -0.128. The molecule has 0 aliphatic carbocycles. The number of aromatic nitrogens is 3. The molecular formula is C34H35FN6O. The van der Waals surface area contributed by atoms with Crippen molar-refractivity contribution in [1.82, 2.24) is 18.1 Å². The Morgan fingerprint density at radius 3 is 2.07 bits per heavy atom. The SMILES string of the molecule is CCCC1CC(=O)N(Cc2ccc3ccccn23)C1.N#Cc1c(F)cc2ccccn12.NCc1ccc2ccccn12. The number of hydrogen-bond donors (Lipinski definition) is 1. The molecule has 0 aromatic carbocycles. The second-order valence-corrected chi connectivity index (χ2v) is 10.4.